The third kappa shape index (κ3) is 7.72. The SMILES string of the molecule is CC(F)(F)c1nc2ccccc2nc1O[C@@H]1C[C@H]2C(=O)N[C@]3(C(=O)NS(=O)(=O)C4CC4)C[C@H]3/C=C\CCCCC[C@H](NC(=O)c3ccon3)C(=O)N2C1. The van der Waals surface area contributed by atoms with Crippen LogP contribution in [0.3, 0.4) is 0 Å². The van der Waals surface area contributed by atoms with Crippen LogP contribution in [-0.2, 0) is 30.3 Å². The van der Waals surface area contributed by atoms with Gasteiger partial charge in [0.2, 0.25) is 27.7 Å². The standard InChI is InChI=1S/C35H39F2N7O8S/c1-34(36,37)28-31(40-24-11-8-7-10-23(24)38-28)52-21-17-27-30(46)41-35(33(48)43-53(49,50)22-13-14-22)18-20(35)9-5-3-2-4-6-12-26(32(47)44(27)19-21)39-29(45)25-15-16-51-42-25/h5,7-11,15-16,20-22,26-27H,2-4,6,12-14,17-19H2,1H3,(H,39,45)(H,41,46)(H,43,48)/b9-5-/t20-,21-,26+,27+,35-/m1/s1. The predicted octanol–water partition coefficient (Wildman–Crippen LogP) is 2.88. The molecule has 3 fully saturated rings. The zero-order valence-corrected chi connectivity index (χ0v) is 29.6. The van der Waals surface area contributed by atoms with E-state index in [2.05, 4.69) is 30.5 Å². The summed E-state index contributed by atoms with van der Waals surface area (Å²) in [5, 5.41) is 8.42. The van der Waals surface area contributed by atoms with Gasteiger partial charge >= 0.3 is 0 Å². The summed E-state index contributed by atoms with van der Waals surface area (Å²) in [7, 11) is -3.96. The lowest BCUT2D eigenvalue weighted by molar-refractivity contribution is -0.141. The number of hydrogen-bond acceptors (Lipinski definition) is 11. The average Bonchev–Trinajstić information content (AvgIpc) is 3.97. The fourth-order valence-corrected chi connectivity index (χ4v) is 8.28. The van der Waals surface area contributed by atoms with Gasteiger partial charge < -0.3 is 24.8 Å². The van der Waals surface area contributed by atoms with Crippen LogP contribution in [0.4, 0.5) is 8.78 Å². The maximum atomic E-state index is 14.9. The van der Waals surface area contributed by atoms with E-state index in [0.717, 1.165) is 6.42 Å². The summed E-state index contributed by atoms with van der Waals surface area (Å²) in [6.45, 7) is 0.389. The van der Waals surface area contributed by atoms with Crippen molar-refractivity contribution in [2.75, 3.05) is 6.54 Å². The molecule has 282 valence electrons. The Balaban J connectivity index is 1.21. The fraction of sp³-hybridized carbons (Fsp3) is 0.514. The van der Waals surface area contributed by atoms with E-state index in [1.165, 1.54) is 23.3 Å². The van der Waals surface area contributed by atoms with Gasteiger partial charge in [0.1, 0.15) is 30.0 Å². The minimum atomic E-state index is -3.96. The molecule has 0 spiro atoms. The summed E-state index contributed by atoms with van der Waals surface area (Å²) in [5.41, 5.74) is -1.89. The van der Waals surface area contributed by atoms with Gasteiger partial charge in [0.05, 0.1) is 22.8 Å². The Kier molecular flexibility index (Phi) is 9.67. The monoisotopic (exact) mass is 755 g/mol. The summed E-state index contributed by atoms with van der Waals surface area (Å²) in [6.07, 6.45) is 7.38. The Morgan fingerprint density at radius 3 is 2.53 bits per heavy atom. The molecule has 53 heavy (non-hydrogen) atoms. The molecule has 0 unspecified atom stereocenters. The second-order valence-electron chi connectivity index (χ2n) is 14.2. The number of nitrogens with one attached hydrogen (secondary N) is 3. The molecule has 5 atom stereocenters. The lowest BCUT2D eigenvalue weighted by Gasteiger charge is -2.29. The maximum Gasteiger partial charge on any atom is 0.292 e. The molecule has 2 aliphatic heterocycles. The van der Waals surface area contributed by atoms with Crippen molar-refractivity contribution in [2.45, 2.75) is 99.6 Å². The van der Waals surface area contributed by atoms with Gasteiger partial charge in [-0.05, 0) is 50.7 Å². The normalized spacial score (nSPS) is 27.4. The smallest absolute Gasteiger partial charge is 0.292 e. The van der Waals surface area contributed by atoms with Crippen LogP contribution < -0.4 is 20.1 Å². The van der Waals surface area contributed by atoms with E-state index in [9.17, 15) is 36.4 Å². The van der Waals surface area contributed by atoms with Crippen molar-refractivity contribution in [3.8, 4) is 5.88 Å². The minimum absolute atomic E-state index is 0.0625. The van der Waals surface area contributed by atoms with Crippen LogP contribution in [0.2, 0.25) is 0 Å². The molecular weight excluding hydrogens is 716 g/mol. The lowest BCUT2D eigenvalue weighted by Crippen LogP contribution is -2.58. The number of sulfonamides is 1. The molecular formula is C35H39F2N7O8S. The molecule has 3 aromatic rings. The molecule has 1 saturated heterocycles. The van der Waals surface area contributed by atoms with E-state index in [-0.39, 0.29) is 42.5 Å². The highest BCUT2D eigenvalue weighted by Crippen LogP contribution is 2.46. The van der Waals surface area contributed by atoms with Gasteiger partial charge in [0.15, 0.2) is 11.4 Å². The van der Waals surface area contributed by atoms with Crippen molar-refractivity contribution >= 4 is 44.7 Å². The molecule has 3 N–H and O–H groups in total. The van der Waals surface area contributed by atoms with Gasteiger partial charge in [0, 0.05) is 25.3 Å². The molecule has 18 heteroatoms. The van der Waals surface area contributed by atoms with E-state index in [1.54, 1.807) is 24.3 Å². The molecule has 4 amide bonds. The lowest BCUT2D eigenvalue weighted by atomic mass is 10.0. The molecule has 2 aromatic heterocycles. The first-order chi connectivity index (χ1) is 25.2. The first-order valence-corrected chi connectivity index (χ1v) is 19.2. The summed E-state index contributed by atoms with van der Waals surface area (Å²) < 4.78 is 68.3. The first-order valence-electron chi connectivity index (χ1n) is 17.6. The number of hydrogen-bond donors (Lipinski definition) is 3. The Labute approximate surface area is 303 Å². The number of benzene rings is 1. The van der Waals surface area contributed by atoms with Gasteiger partial charge in [-0.1, -0.05) is 42.3 Å². The van der Waals surface area contributed by atoms with Crippen molar-refractivity contribution in [2.24, 2.45) is 5.92 Å². The zero-order chi connectivity index (χ0) is 37.5. The van der Waals surface area contributed by atoms with Crippen molar-refractivity contribution < 1.29 is 45.6 Å². The molecule has 0 bridgehead atoms. The molecule has 15 nitrogen and oxygen atoms in total. The second-order valence-corrected chi connectivity index (χ2v) is 16.1. The van der Waals surface area contributed by atoms with Crippen LogP contribution >= 0.6 is 0 Å². The number of allylic oxidation sites excluding steroid dienone is 1. The Bertz CT molecular complexity index is 2050. The third-order valence-electron chi connectivity index (χ3n) is 10.1. The average molecular weight is 756 g/mol. The topological polar surface area (TPSA) is 203 Å². The number of amides is 4. The highest BCUT2D eigenvalue weighted by Gasteiger charge is 2.62. The van der Waals surface area contributed by atoms with Crippen LogP contribution in [0, 0.1) is 5.92 Å². The molecule has 1 aromatic carbocycles. The van der Waals surface area contributed by atoms with Gasteiger partial charge in [-0.15, -0.1) is 0 Å². The number of halogens is 2. The summed E-state index contributed by atoms with van der Waals surface area (Å²) in [6, 6.07) is 5.31. The summed E-state index contributed by atoms with van der Waals surface area (Å²) in [5.74, 6) is -7.43. The molecule has 2 aliphatic carbocycles. The van der Waals surface area contributed by atoms with E-state index in [0.29, 0.717) is 39.0 Å². The highest BCUT2D eigenvalue weighted by atomic mass is 32.2. The van der Waals surface area contributed by atoms with Gasteiger partial charge in [-0.3, -0.25) is 23.9 Å². The number of rotatable bonds is 8. The van der Waals surface area contributed by atoms with Crippen LogP contribution in [-0.4, -0.2) is 87.6 Å². The number of fused-ring (bicyclic) bond motifs is 3. The Hall–Kier alpha value is -5.00. The van der Waals surface area contributed by atoms with Crippen LogP contribution in [0.15, 0.2) is 53.3 Å². The highest BCUT2D eigenvalue weighted by molar-refractivity contribution is 7.91. The van der Waals surface area contributed by atoms with Gasteiger partial charge in [0.25, 0.3) is 17.7 Å². The third-order valence-corrected chi connectivity index (χ3v) is 11.9. The van der Waals surface area contributed by atoms with Crippen LogP contribution in [0.5, 0.6) is 5.88 Å². The van der Waals surface area contributed by atoms with Crippen molar-refractivity contribution in [1.82, 2.24) is 35.4 Å². The minimum Gasteiger partial charge on any atom is -0.471 e. The number of alkyl halides is 2. The maximum absolute atomic E-state index is 14.9. The second kappa shape index (κ2) is 14.1. The largest absolute Gasteiger partial charge is 0.471 e. The molecule has 7 rings (SSSR count). The van der Waals surface area contributed by atoms with Crippen LogP contribution in [0.1, 0.15) is 80.9 Å². The molecule has 0 radical (unpaired) electrons. The van der Waals surface area contributed by atoms with E-state index >= 15 is 0 Å². The van der Waals surface area contributed by atoms with Crippen molar-refractivity contribution in [3.63, 3.8) is 0 Å². The number of aromatic nitrogens is 3. The van der Waals surface area contributed by atoms with E-state index < -0.39 is 86.0 Å². The number of ether oxygens (including phenoxy) is 1. The van der Waals surface area contributed by atoms with Gasteiger partial charge in [-0.2, -0.15) is 8.78 Å². The number of carbonyl (C=O) groups excluding carboxylic acids is 4. The number of carbonyl (C=O) groups is 4. The molecule has 2 saturated carbocycles. The Morgan fingerprint density at radius 1 is 1.08 bits per heavy atom. The Morgan fingerprint density at radius 2 is 1.83 bits per heavy atom. The zero-order valence-electron chi connectivity index (χ0n) is 28.8. The first kappa shape index (κ1) is 36.4. The quantitative estimate of drug-likeness (QED) is 0.286. The van der Waals surface area contributed by atoms with Crippen LogP contribution in [0.25, 0.3) is 11.0 Å². The van der Waals surface area contributed by atoms with Gasteiger partial charge in [-0.25, -0.2) is 18.4 Å². The van der Waals surface area contributed by atoms with Crippen molar-refractivity contribution in [1.29, 1.82) is 0 Å². The van der Waals surface area contributed by atoms with Crippen molar-refractivity contribution in [3.05, 3.63) is 60.1 Å². The number of nitrogens with zero attached hydrogens (tertiary/aromatic N) is 4. The van der Waals surface area contributed by atoms with E-state index in [1.807, 2.05) is 6.08 Å². The summed E-state index contributed by atoms with van der Waals surface area (Å²) in [4.78, 5) is 65.0. The fourth-order valence-electron chi connectivity index (χ4n) is 6.92. The molecule has 4 heterocycles. The molecule has 4 aliphatic rings. The summed E-state index contributed by atoms with van der Waals surface area (Å²) >= 11 is 0. The van der Waals surface area contributed by atoms with E-state index in [4.69, 9.17) is 9.26 Å². The predicted molar refractivity (Wildman–Crippen MR) is 183 cm³/mol. The number of para-hydroxylation sites is 2.